The molecule has 0 bridgehead atoms. The minimum atomic E-state index is 0. The minimum Gasteiger partial charge on any atom is -0.333 e. The van der Waals surface area contributed by atoms with E-state index in [4.69, 9.17) is 0 Å². The molecule has 0 aliphatic carbocycles. The fourth-order valence-electron chi connectivity index (χ4n) is 3.92. The molecule has 186 valence electrons. The number of halogens is 2. The van der Waals surface area contributed by atoms with Gasteiger partial charge >= 0.3 is 0 Å². The Labute approximate surface area is 236 Å². The monoisotopic (exact) mass is 648 g/mol. The quantitative estimate of drug-likeness (QED) is 0.149. The van der Waals surface area contributed by atoms with Crippen LogP contribution < -0.4 is 10.1 Å². The van der Waals surface area contributed by atoms with Gasteiger partial charge < -0.3 is 9.97 Å². The lowest BCUT2D eigenvalue weighted by molar-refractivity contribution is 0.249. The van der Waals surface area contributed by atoms with E-state index in [1.165, 1.54) is 23.5 Å². The number of fused-ring (bicyclic) bond motifs is 3. The number of anilines is 2. The van der Waals surface area contributed by atoms with Crippen molar-refractivity contribution in [2.45, 2.75) is 10.3 Å². The molecule has 0 fully saturated rings. The molecule has 0 saturated carbocycles. The van der Waals surface area contributed by atoms with E-state index in [9.17, 15) is 10.4 Å². The first kappa shape index (κ1) is 26.6. The summed E-state index contributed by atoms with van der Waals surface area (Å²) in [5.74, 6) is 0.801. The predicted octanol–water partition coefficient (Wildman–Crippen LogP) is 6.80. The molecule has 6 rings (SSSR count). The molecular weight excluding hydrogens is 628 g/mol. The third-order valence-corrected chi connectivity index (χ3v) is 7.38. The second kappa shape index (κ2) is 11.3. The highest BCUT2D eigenvalue weighted by Gasteiger charge is 2.30. The number of aromatic amines is 2. The van der Waals surface area contributed by atoms with E-state index in [1.54, 1.807) is 12.1 Å². The van der Waals surface area contributed by atoms with Gasteiger partial charge in [-0.2, -0.15) is 0 Å². The Morgan fingerprint density at radius 3 is 1.42 bits per heavy atom. The van der Waals surface area contributed by atoms with Crippen LogP contribution in [0.25, 0.3) is 22.1 Å². The highest BCUT2D eigenvalue weighted by Crippen LogP contribution is 2.40. The molecule has 0 spiro atoms. The molecule has 5 aromatic rings. The first-order valence-corrected chi connectivity index (χ1v) is 12.6. The van der Waals surface area contributed by atoms with Gasteiger partial charge in [-0.05, 0) is 36.4 Å². The Hall–Kier alpha value is -2.48. The van der Waals surface area contributed by atoms with Crippen molar-refractivity contribution in [2.24, 2.45) is 0 Å². The number of para-hydroxylation sites is 6. The lowest BCUT2D eigenvalue weighted by Gasteiger charge is -2.35. The summed E-state index contributed by atoms with van der Waals surface area (Å²) in [5, 5.41) is 26.0. The molecular formula is C24H22Br2N6O2S2. The topological polar surface area (TPSA) is 104 Å². The number of hydrogen-bond acceptors (Lipinski definition) is 8. The van der Waals surface area contributed by atoms with Gasteiger partial charge in [-0.1, -0.05) is 59.9 Å². The van der Waals surface area contributed by atoms with Crippen molar-refractivity contribution in [1.82, 2.24) is 19.9 Å². The van der Waals surface area contributed by atoms with Gasteiger partial charge in [-0.25, -0.2) is 20.1 Å². The van der Waals surface area contributed by atoms with Crippen molar-refractivity contribution < 1.29 is 10.4 Å². The number of imidazole rings is 2. The van der Waals surface area contributed by atoms with Gasteiger partial charge in [0.1, 0.15) is 0 Å². The minimum absolute atomic E-state index is 0. The molecule has 8 nitrogen and oxygen atoms in total. The summed E-state index contributed by atoms with van der Waals surface area (Å²) < 4.78 is 0. The summed E-state index contributed by atoms with van der Waals surface area (Å²) in [5.41, 5.74) is 5.88. The molecule has 0 atom stereocenters. The van der Waals surface area contributed by atoms with E-state index in [0.717, 1.165) is 42.5 Å². The normalized spacial score (nSPS) is 13.1. The van der Waals surface area contributed by atoms with E-state index in [0.29, 0.717) is 34.3 Å². The summed E-state index contributed by atoms with van der Waals surface area (Å²) in [7, 11) is 0. The van der Waals surface area contributed by atoms with Gasteiger partial charge in [0.15, 0.2) is 10.3 Å². The Morgan fingerprint density at radius 1 is 0.611 bits per heavy atom. The van der Waals surface area contributed by atoms with Crippen LogP contribution >= 0.6 is 57.5 Å². The highest BCUT2D eigenvalue weighted by atomic mass is 79.9. The van der Waals surface area contributed by atoms with Gasteiger partial charge in [-0.3, -0.25) is 10.4 Å². The number of benzene rings is 3. The molecule has 12 heteroatoms. The van der Waals surface area contributed by atoms with Crippen LogP contribution in [0.1, 0.15) is 0 Å². The fraction of sp³-hybridized carbons (Fsp3) is 0.0833. The summed E-state index contributed by atoms with van der Waals surface area (Å²) in [6, 6.07) is 22.9. The number of hydroxylamine groups is 2. The zero-order valence-corrected chi connectivity index (χ0v) is 23.7. The van der Waals surface area contributed by atoms with Crippen molar-refractivity contribution in [3.05, 3.63) is 84.2 Å². The van der Waals surface area contributed by atoms with Crippen LogP contribution in [0, 0.1) is 0 Å². The second-order valence-electron chi connectivity index (χ2n) is 7.70. The van der Waals surface area contributed by atoms with Crippen LogP contribution in [0.5, 0.6) is 0 Å². The maximum Gasteiger partial charge on any atom is 0.166 e. The van der Waals surface area contributed by atoms with Crippen LogP contribution in [-0.4, -0.2) is 41.9 Å². The van der Waals surface area contributed by atoms with Crippen LogP contribution in [-0.2, 0) is 0 Å². The predicted molar refractivity (Wildman–Crippen MR) is 156 cm³/mol. The fourth-order valence-corrected chi connectivity index (χ4v) is 5.73. The first-order chi connectivity index (χ1) is 16.7. The molecule has 3 aromatic carbocycles. The van der Waals surface area contributed by atoms with Crippen molar-refractivity contribution in [3.8, 4) is 0 Å². The molecule has 0 radical (unpaired) electrons. The van der Waals surface area contributed by atoms with Crippen molar-refractivity contribution in [3.63, 3.8) is 0 Å². The van der Waals surface area contributed by atoms with Gasteiger partial charge in [0.05, 0.1) is 44.8 Å². The van der Waals surface area contributed by atoms with Crippen LogP contribution in [0.4, 0.5) is 11.4 Å². The summed E-state index contributed by atoms with van der Waals surface area (Å²) in [4.78, 5) is 15.8. The Bertz CT molecular complexity index is 1360. The van der Waals surface area contributed by atoms with E-state index in [1.807, 2.05) is 60.7 Å². The van der Waals surface area contributed by atoms with Gasteiger partial charge in [-0.15, -0.1) is 34.0 Å². The number of rotatable bonds is 6. The molecule has 1 aliphatic rings. The van der Waals surface area contributed by atoms with Crippen LogP contribution in [0.15, 0.2) is 94.5 Å². The number of nitrogens with one attached hydrogen (secondary N) is 2. The standard InChI is InChI=1S/C24H20N6O2S2.2BrH/c31-29-19-11-5-6-12-20(19)30(32)22(14-34-24-27-17-9-3-4-10-18(17)28-24)21(29)13-33-23-25-15-7-1-2-8-16(15)26-23;;/h1-12,31-32H,13-14H2,(H,25,26)(H,27,28);2*1H. The third kappa shape index (κ3) is 5.01. The van der Waals surface area contributed by atoms with Crippen molar-refractivity contribution >= 4 is 90.9 Å². The SMILES string of the molecule is Br.Br.ON1C(CSc2nc3ccccc3[nH]2)=C(CSc2nc3ccccc3[nH]2)N(O)c2ccccc21. The Morgan fingerprint density at radius 2 is 1.00 bits per heavy atom. The number of H-pyrrole nitrogens is 2. The smallest absolute Gasteiger partial charge is 0.166 e. The highest BCUT2D eigenvalue weighted by molar-refractivity contribution is 8.93. The molecule has 36 heavy (non-hydrogen) atoms. The second-order valence-corrected chi connectivity index (χ2v) is 9.63. The first-order valence-electron chi connectivity index (χ1n) is 10.6. The van der Waals surface area contributed by atoms with Gasteiger partial charge in [0.25, 0.3) is 0 Å². The average Bonchev–Trinajstić information content (AvgIpc) is 3.48. The van der Waals surface area contributed by atoms with Crippen LogP contribution in [0.2, 0.25) is 0 Å². The van der Waals surface area contributed by atoms with Gasteiger partial charge in [0, 0.05) is 11.5 Å². The number of aromatic nitrogens is 4. The molecule has 0 saturated heterocycles. The number of nitrogens with zero attached hydrogens (tertiary/aromatic N) is 4. The summed E-state index contributed by atoms with van der Waals surface area (Å²) in [6.45, 7) is 0. The molecule has 0 amide bonds. The average molecular weight is 650 g/mol. The largest absolute Gasteiger partial charge is 0.333 e. The Balaban J connectivity index is 0.00000152. The maximum atomic E-state index is 11.1. The van der Waals surface area contributed by atoms with Crippen molar-refractivity contribution in [2.75, 3.05) is 21.6 Å². The molecule has 2 aromatic heterocycles. The maximum absolute atomic E-state index is 11.1. The van der Waals surface area contributed by atoms with E-state index in [2.05, 4.69) is 19.9 Å². The lowest BCUT2D eigenvalue weighted by atomic mass is 10.2. The molecule has 1 aliphatic heterocycles. The van der Waals surface area contributed by atoms with Gasteiger partial charge in [0.2, 0.25) is 0 Å². The van der Waals surface area contributed by atoms with E-state index < -0.39 is 0 Å². The van der Waals surface area contributed by atoms with Crippen molar-refractivity contribution in [1.29, 1.82) is 0 Å². The molecule has 4 N–H and O–H groups in total. The summed E-state index contributed by atoms with van der Waals surface area (Å²) >= 11 is 2.93. The zero-order chi connectivity index (χ0) is 23.1. The lowest BCUT2D eigenvalue weighted by Crippen LogP contribution is -2.35. The molecule has 0 unspecified atom stereocenters. The van der Waals surface area contributed by atoms with Crippen LogP contribution in [0.3, 0.4) is 0 Å². The van der Waals surface area contributed by atoms with E-state index in [-0.39, 0.29) is 34.0 Å². The molecule has 3 heterocycles. The zero-order valence-electron chi connectivity index (χ0n) is 18.7. The van der Waals surface area contributed by atoms with E-state index >= 15 is 0 Å². The number of thioether (sulfide) groups is 2. The number of hydrogen-bond donors (Lipinski definition) is 4. The third-order valence-electron chi connectivity index (χ3n) is 5.61. The summed E-state index contributed by atoms with van der Waals surface area (Å²) in [6.07, 6.45) is 0. The Kier molecular flexibility index (Phi) is 8.33.